The van der Waals surface area contributed by atoms with Crippen LogP contribution in [0, 0.1) is 0 Å². The molecule has 0 aliphatic carbocycles. The molecule has 0 radical (unpaired) electrons. The number of benzene rings is 1. The molecule has 1 aliphatic heterocycles. The van der Waals surface area contributed by atoms with E-state index in [2.05, 4.69) is 0 Å². The lowest BCUT2D eigenvalue weighted by Crippen LogP contribution is -2.46. The van der Waals surface area contributed by atoms with Crippen molar-refractivity contribution in [1.29, 1.82) is 0 Å². The summed E-state index contributed by atoms with van der Waals surface area (Å²) in [6.45, 7) is 0.828. The Kier molecular flexibility index (Phi) is 5.59. The van der Waals surface area contributed by atoms with Crippen LogP contribution in [0.5, 0.6) is 0 Å². The van der Waals surface area contributed by atoms with Crippen LogP contribution in [0.15, 0.2) is 24.3 Å². The molecule has 0 saturated carbocycles. The van der Waals surface area contributed by atoms with Crippen molar-refractivity contribution in [2.75, 3.05) is 19.8 Å². The Balaban J connectivity index is 2.10. The first-order valence-electron chi connectivity index (χ1n) is 6.90. The van der Waals surface area contributed by atoms with Gasteiger partial charge in [-0.05, 0) is 24.5 Å². The zero-order valence-corrected chi connectivity index (χ0v) is 12.4. The number of halogens is 1. The van der Waals surface area contributed by atoms with E-state index in [-0.39, 0.29) is 24.9 Å². The molecular weight excluding hydrogens is 294 g/mol. The Morgan fingerprint density at radius 3 is 2.57 bits per heavy atom. The molecular formula is C15H18ClNO4. The summed E-state index contributed by atoms with van der Waals surface area (Å²) in [4.78, 5) is 24.9. The summed E-state index contributed by atoms with van der Waals surface area (Å²) in [5.74, 6) is -1.22. The Morgan fingerprint density at radius 2 is 1.95 bits per heavy atom. The highest BCUT2D eigenvalue weighted by molar-refractivity contribution is 6.31. The van der Waals surface area contributed by atoms with Crippen LogP contribution in [0.3, 0.4) is 0 Å². The minimum absolute atomic E-state index is 0.0789. The van der Waals surface area contributed by atoms with E-state index >= 15 is 0 Å². The van der Waals surface area contributed by atoms with Crippen LogP contribution in [-0.4, -0.2) is 47.7 Å². The van der Waals surface area contributed by atoms with Crippen LogP contribution < -0.4 is 0 Å². The van der Waals surface area contributed by atoms with Crippen molar-refractivity contribution in [1.82, 2.24) is 4.90 Å². The number of carboxylic acids is 1. The average molecular weight is 312 g/mol. The van der Waals surface area contributed by atoms with Crippen molar-refractivity contribution in [3.63, 3.8) is 0 Å². The predicted molar refractivity (Wildman–Crippen MR) is 78.3 cm³/mol. The minimum Gasteiger partial charge on any atom is -0.480 e. The molecule has 0 bridgehead atoms. The number of aliphatic carboxylic acids is 1. The molecule has 0 unspecified atom stereocenters. The van der Waals surface area contributed by atoms with Crippen molar-refractivity contribution in [3.8, 4) is 0 Å². The van der Waals surface area contributed by atoms with Crippen molar-refractivity contribution < 1.29 is 19.4 Å². The van der Waals surface area contributed by atoms with Gasteiger partial charge in [0.15, 0.2) is 0 Å². The lowest BCUT2D eigenvalue weighted by molar-refractivity contribution is -0.147. The second-order valence-corrected chi connectivity index (χ2v) is 5.43. The summed E-state index contributed by atoms with van der Waals surface area (Å²) >= 11 is 6.06. The maximum Gasteiger partial charge on any atom is 0.323 e. The van der Waals surface area contributed by atoms with E-state index in [1.165, 1.54) is 4.90 Å². The highest BCUT2D eigenvalue weighted by atomic mass is 35.5. The third kappa shape index (κ3) is 4.44. The summed E-state index contributed by atoms with van der Waals surface area (Å²) in [7, 11) is 0. The first-order chi connectivity index (χ1) is 10.1. The molecule has 1 fully saturated rings. The molecule has 1 aliphatic rings. The Hall–Kier alpha value is -1.59. The SMILES string of the molecule is O=C(O)CN(C(=O)Cc1ccccc1Cl)C1CCOCC1. The Morgan fingerprint density at radius 1 is 1.29 bits per heavy atom. The number of carboxylic acid groups (broad SMARTS) is 1. The van der Waals surface area contributed by atoms with E-state index < -0.39 is 5.97 Å². The van der Waals surface area contributed by atoms with Crippen molar-refractivity contribution in [2.45, 2.75) is 25.3 Å². The lowest BCUT2D eigenvalue weighted by atomic mass is 10.0. The topological polar surface area (TPSA) is 66.8 Å². The van der Waals surface area contributed by atoms with E-state index in [4.69, 9.17) is 21.4 Å². The molecule has 0 atom stereocenters. The highest BCUT2D eigenvalue weighted by Crippen LogP contribution is 2.19. The fraction of sp³-hybridized carbons (Fsp3) is 0.467. The molecule has 114 valence electrons. The Labute approximate surface area is 128 Å². The lowest BCUT2D eigenvalue weighted by Gasteiger charge is -2.33. The molecule has 1 amide bonds. The zero-order chi connectivity index (χ0) is 15.2. The number of carbonyl (C=O) groups excluding carboxylic acids is 1. The number of rotatable bonds is 5. The summed E-state index contributed by atoms with van der Waals surface area (Å²) in [6, 6.07) is 7.03. The number of ether oxygens (including phenoxy) is 1. The van der Waals surface area contributed by atoms with Crippen LogP contribution in [0.2, 0.25) is 5.02 Å². The van der Waals surface area contributed by atoms with E-state index in [0.717, 1.165) is 0 Å². The van der Waals surface area contributed by atoms with Gasteiger partial charge in [0, 0.05) is 24.3 Å². The molecule has 0 aromatic heterocycles. The van der Waals surface area contributed by atoms with Gasteiger partial charge >= 0.3 is 5.97 Å². The van der Waals surface area contributed by atoms with E-state index in [9.17, 15) is 9.59 Å². The number of amides is 1. The largest absolute Gasteiger partial charge is 0.480 e. The van der Waals surface area contributed by atoms with E-state index in [1.807, 2.05) is 6.07 Å². The first kappa shape index (κ1) is 15.8. The monoisotopic (exact) mass is 311 g/mol. The van der Waals surface area contributed by atoms with Crippen LogP contribution in [0.1, 0.15) is 18.4 Å². The van der Waals surface area contributed by atoms with Crippen LogP contribution in [0.25, 0.3) is 0 Å². The molecule has 21 heavy (non-hydrogen) atoms. The number of hydrogen-bond acceptors (Lipinski definition) is 3. The fourth-order valence-electron chi connectivity index (χ4n) is 2.47. The number of hydrogen-bond donors (Lipinski definition) is 1. The molecule has 0 spiro atoms. The van der Waals surface area contributed by atoms with E-state index in [1.54, 1.807) is 18.2 Å². The average Bonchev–Trinajstić information content (AvgIpc) is 2.48. The van der Waals surface area contributed by atoms with Crippen LogP contribution in [-0.2, 0) is 20.7 Å². The zero-order valence-electron chi connectivity index (χ0n) is 11.6. The normalized spacial score (nSPS) is 15.7. The molecule has 1 aromatic rings. The van der Waals surface area contributed by atoms with Gasteiger partial charge in [0.05, 0.1) is 6.42 Å². The van der Waals surface area contributed by atoms with Gasteiger partial charge in [0.2, 0.25) is 5.91 Å². The van der Waals surface area contributed by atoms with Crippen molar-refractivity contribution in [2.24, 2.45) is 0 Å². The van der Waals surface area contributed by atoms with Gasteiger partial charge in [0.25, 0.3) is 0 Å². The van der Waals surface area contributed by atoms with Crippen LogP contribution in [0.4, 0.5) is 0 Å². The van der Waals surface area contributed by atoms with Crippen molar-refractivity contribution in [3.05, 3.63) is 34.9 Å². The van der Waals surface area contributed by atoms with Gasteiger partial charge in [-0.25, -0.2) is 0 Å². The summed E-state index contributed by atoms with van der Waals surface area (Å²) in [6.07, 6.45) is 1.45. The second kappa shape index (κ2) is 7.43. The molecule has 2 rings (SSSR count). The van der Waals surface area contributed by atoms with Gasteiger partial charge < -0.3 is 14.7 Å². The molecule has 1 N–H and O–H groups in total. The standard InChI is InChI=1S/C15H18ClNO4/c16-13-4-2-1-3-11(13)9-14(18)17(10-15(19)20)12-5-7-21-8-6-12/h1-4,12H,5-10H2,(H,19,20). The summed E-state index contributed by atoms with van der Waals surface area (Å²) < 4.78 is 5.27. The number of carbonyl (C=O) groups is 2. The minimum atomic E-state index is -1.01. The third-order valence-corrected chi connectivity index (χ3v) is 3.93. The quantitative estimate of drug-likeness (QED) is 0.903. The third-order valence-electron chi connectivity index (χ3n) is 3.56. The molecule has 5 nitrogen and oxygen atoms in total. The second-order valence-electron chi connectivity index (χ2n) is 5.03. The molecule has 6 heteroatoms. The number of nitrogens with zero attached hydrogens (tertiary/aromatic N) is 1. The summed E-state index contributed by atoms with van der Waals surface area (Å²) in [5, 5.41) is 9.55. The van der Waals surface area contributed by atoms with Gasteiger partial charge in [-0.3, -0.25) is 9.59 Å². The smallest absolute Gasteiger partial charge is 0.323 e. The fourth-order valence-corrected chi connectivity index (χ4v) is 2.67. The van der Waals surface area contributed by atoms with Gasteiger partial charge in [-0.15, -0.1) is 0 Å². The van der Waals surface area contributed by atoms with Crippen molar-refractivity contribution >= 4 is 23.5 Å². The first-order valence-corrected chi connectivity index (χ1v) is 7.28. The Bertz CT molecular complexity index is 514. The van der Waals surface area contributed by atoms with Gasteiger partial charge in [0.1, 0.15) is 6.54 Å². The molecule has 1 saturated heterocycles. The highest BCUT2D eigenvalue weighted by Gasteiger charge is 2.27. The van der Waals surface area contributed by atoms with Gasteiger partial charge in [-0.1, -0.05) is 29.8 Å². The summed E-state index contributed by atoms with van der Waals surface area (Å²) in [5.41, 5.74) is 0.714. The molecule has 1 heterocycles. The maximum absolute atomic E-state index is 12.5. The predicted octanol–water partition coefficient (Wildman–Crippen LogP) is 1.97. The van der Waals surface area contributed by atoms with Gasteiger partial charge in [-0.2, -0.15) is 0 Å². The molecule has 1 aromatic carbocycles. The van der Waals surface area contributed by atoms with E-state index in [0.29, 0.717) is 36.6 Å². The maximum atomic E-state index is 12.5. The van der Waals surface area contributed by atoms with Crippen LogP contribution >= 0.6 is 11.6 Å².